The van der Waals surface area contributed by atoms with Crippen LogP contribution in [0.25, 0.3) is 21.0 Å². The Kier molecular flexibility index (Phi) is 13.2. The van der Waals surface area contributed by atoms with E-state index in [4.69, 9.17) is 14.2 Å². The van der Waals surface area contributed by atoms with Gasteiger partial charge in [-0.15, -0.1) is 11.3 Å². The van der Waals surface area contributed by atoms with Crippen molar-refractivity contribution in [2.75, 3.05) is 57.6 Å². The lowest BCUT2D eigenvalue weighted by atomic mass is 10.1. The second-order valence-corrected chi connectivity index (χ2v) is 10.6. The van der Waals surface area contributed by atoms with Crippen LogP contribution in [0, 0.1) is 0 Å². The number of benzene rings is 2. The molecule has 1 N–H and O–H groups in total. The maximum atomic E-state index is 12.0. The first-order chi connectivity index (χ1) is 20.5. The van der Waals surface area contributed by atoms with Crippen molar-refractivity contribution >= 4 is 44.2 Å². The summed E-state index contributed by atoms with van der Waals surface area (Å²) in [5, 5.41) is 4.42. The molecule has 0 aliphatic carbocycles. The van der Waals surface area contributed by atoms with Crippen LogP contribution >= 0.6 is 11.3 Å². The highest BCUT2D eigenvalue weighted by molar-refractivity contribution is 7.17. The first-order valence-corrected chi connectivity index (χ1v) is 16.0. The number of pyridine rings is 1. The molecule has 42 heavy (non-hydrogen) atoms. The van der Waals surface area contributed by atoms with Crippen LogP contribution < -0.4 is 15.2 Å². The van der Waals surface area contributed by atoms with E-state index < -0.39 is 6.16 Å². The van der Waals surface area contributed by atoms with Gasteiger partial charge in [-0.2, -0.15) is 0 Å². The molecule has 0 radical (unpaired) electrons. The summed E-state index contributed by atoms with van der Waals surface area (Å²) in [6, 6.07) is 17.8. The van der Waals surface area contributed by atoms with E-state index in [1.54, 1.807) is 24.3 Å². The van der Waals surface area contributed by atoms with E-state index in [0.717, 1.165) is 62.2 Å². The van der Waals surface area contributed by atoms with E-state index in [9.17, 15) is 9.59 Å². The molecule has 0 atom stereocenters. The van der Waals surface area contributed by atoms with Crippen LogP contribution in [-0.4, -0.2) is 68.3 Å². The van der Waals surface area contributed by atoms with Crippen molar-refractivity contribution in [1.82, 2.24) is 4.98 Å². The lowest BCUT2D eigenvalue weighted by molar-refractivity contribution is -0.944. The van der Waals surface area contributed by atoms with E-state index in [1.165, 1.54) is 21.8 Å². The summed E-state index contributed by atoms with van der Waals surface area (Å²) in [4.78, 5) is 28.9. The quantitative estimate of drug-likeness (QED) is 0.117. The maximum absolute atomic E-state index is 12.0. The Labute approximate surface area is 253 Å². The van der Waals surface area contributed by atoms with Gasteiger partial charge in [0.1, 0.15) is 5.75 Å². The van der Waals surface area contributed by atoms with Gasteiger partial charge in [-0.05, 0) is 66.9 Å². The highest BCUT2D eigenvalue weighted by Crippen LogP contribution is 2.32. The number of thiophene rings is 1. The van der Waals surface area contributed by atoms with Crippen molar-refractivity contribution in [3.63, 3.8) is 0 Å². The molecule has 228 valence electrons. The summed E-state index contributed by atoms with van der Waals surface area (Å²) in [6.07, 6.45) is 1.21. The second kappa shape index (κ2) is 16.8. The lowest BCUT2D eigenvalue weighted by Gasteiger charge is -2.44. The Hall–Kier alpha value is -3.56. The van der Waals surface area contributed by atoms with Gasteiger partial charge in [0.05, 0.1) is 51.5 Å². The highest BCUT2D eigenvalue weighted by Gasteiger charge is 2.34. The number of nitrogens with zero attached hydrogens (tertiary/aromatic N) is 2. The predicted molar refractivity (Wildman–Crippen MR) is 174 cm³/mol. The predicted octanol–water partition coefficient (Wildman–Crippen LogP) is 7.42. The zero-order chi connectivity index (χ0) is 30.4. The van der Waals surface area contributed by atoms with Crippen LogP contribution in [0.4, 0.5) is 10.5 Å². The number of carbonyl (C=O) groups is 1. The Morgan fingerprint density at radius 1 is 0.976 bits per heavy atom. The number of hydrogen-bond donors (Lipinski definition) is 1. The average Bonchev–Trinajstić information content (AvgIpc) is 3.52. The fourth-order valence-corrected chi connectivity index (χ4v) is 5.92. The van der Waals surface area contributed by atoms with E-state index in [1.807, 2.05) is 45.9 Å². The Bertz CT molecular complexity index is 1440. The third-order valence-corrected chi connectivity index (χ3v) is 8.09. The van der Waals surface area contributed by atoms with Gasteiger partial charge in [-0.25, -0.2) is 4.79 Å². The Morgan fingerprint density at radius 3 is 2.50 bits per heavy atom. The van der Waals surface area contributed by atoms with Gasteiger partial charge < -0.3 is 24.1 Å². The topological polar surface area (TPSA) is 80.9 Å². The number of carbonyl (C=O) groups excluding carboxylic acids is 1. The number of hydrogen-bond acceptors (Lipinski definition) is 7. The Balaban J connectivity index is 0.00000116. The number of unbranched alkanes of at least 4 members (excludes halogenated alkanes) is 1. The highest BCUT2D eigenvalue weighted by atomic mass is 32.1. The smallest absolute Gasteiger partial charge is 0.494 e. The van der Waals surface area contributed by atoms with E-state index >= 15 is 0 Å². The van der Waals surface area contributed by atoms with Gasteiger partial charge in [-0.1, -0.05) is 33.8 Å². The largest absolute Gasteiger partial charge is 0.512 e. The fraction of sp³-hybridized carbons (Fsp3) is 0.455. The molecule has 1 aliphatic rings. The number of fused-ring (bicyclic) bond motifs is 2. The van der Waals surface area contributed by atoms with Gasteiger partial charge in [-0.3, -0.25) is 9.28 Å². The summed E-state index contributed by atoms with van der Waals surface area (Å²) >= 11 is 1.77. The van der Waals surface area contributed by atoms with Gasteiger partial charge in [0.2, 0.25) is 12.3 Å². The van der Waals surface area contributed by atoms with Crippen LogP contribution in [0.2, 0.25) is 0 Å². The van der Waals surface area contributed by atoms with Gasteiger partial charge in [0.25, 0.3) is 0 Å². The molecule has 5 rings (SSSR count). The van der Waals surface area contributed by atoms with Crippen LogP contribution in [0.1, 0.15) is 47.5 Å². The molecule has 0 bridgehead atoms. The number of anilines is 1. The minimum Gasteiger partial charge on any atom is -0.494 e. The molecule has 1 aliphatic heterocycles. The Morgan fingerprint density at radius 2 is 1.74 bits per heavy atom. The van der Waals surface area contributed by atoms with Crippen molar-refractivity contribution in [2.24, 2.45) is 0 Å². The van der Waals surface area contributed by atoms with Crippen LogP contribution in [-0.2, 0) is 9.47 Å². The van der Waals surface area contributed by atoms with Gasteiger partial charge in [0, 0.05) is 27.9 Å². The standard InChI is InChI=1S/C29H33N3O5S.2C2H6/c1-2-35-29(34)37-21-32(16-13-31(14-17-32)26-6-5-7-27-24(26)12-19-38-27)15-3-4-18-36-23-10-8-22-9-11-28(33)30-25(22)20-23;2*1-2/h5-12,19-20H,2-4,13-18,21H2,1H3;2*1-2H3/p+1. The molecule has 1 saturated heterocycles. The number of quaternary nitrogens is 1. The molecule has 3 heterocycles. The van der Waals surface area contributed by atoms with Crippen LogP contribution in [0.3, 0.4) is 0 Å². The molecule has 0 amide bonds. The van der Waals surface area contributed by atoms with Gasteiger partial charge >= 0.3 is 6.16 Å². The van der Waals surface area contributed by atoms with Gasteiger partial charge in [0.15, 0.2) is 0 Å². The molecule has 0 spiro atoms. The maximum Gasteiger partial charge on any atom is 0.512 e. The molecule has 2 aromatic heterocycles. The number of aromatic nitrogens is 1. The van der Waals surface area contributed by atoms with E-state index in [2.05, 4.69) is 39.5 Å². The molecule has 0 unspecified atom stereocenters. The number of aromatic amines is 1. The zero-order valence-electron chi connectivity index (χ0n) is 25.7. The van der Waals surface area contributed by atoms with Crippen LogP contribution in [0.5, 0.6) is 5.75 Å². The number of H-pyrrole nitrogens is 1. The monoisotopic (exact) mass is 596 g/mol. The second-order valence-electron chi connectivity index (χ2n) is 9.69. The summed E-state index contributed by atoms with van der Waals surface area (Å²) in [5.41, 5.74) is 1.92. The minimum absolute atomic E-state index is 0.124. The average molecular weight is 597 g/mol. The third-order valence-electron chi connectivity index (χ3n) is 7.21. The van der Waals surface area contributed by atoms with Crippen molar-refractivity contribution in [3.05, 3.63) is 70.3 Å². The molecular weight excluding hydrogens is 550 g/mol. The van der Waals surface area contributed by atoms with Crippen LogP contribution in [0.15, 0.2) is 64.8 Å². The molecule has 8 nitrogen and oxygen atoms in total. The first kappa shape index (κ1) is 32.9. The summed E-state index contributed by atoms with van der Waals surface area (Å²) in [7, 11) is 0. The third kappa shape index (κ3) is 8.72. The normalized spacial score (nSPS) is 13.9. The fourth-order valence-electron chi connectivity index (χ4n) is 5.11. The minimum atomic E-state index is -0.604. The molecular formula is C33H46N3O5S+. The van der Waals surface area contributed by atoms with Crippen molar-refractivity contribution < 1.29 is 23.5 Å². The van der Waals surface area contributed by atoms with Crippen molar-refractivity contribution in [3.8, 4) is 5.75 Å². The molecule has 1 fully saturated rings. The van der Waals surface area contributed by atoms with Crippen molar-refractivity contribution in [2.45, 2.75) is 47.5 Å². The van der Waals surface area contributed by atoms with E-state index in [0.29, 0.717) is 24.4 Å². The summed E-state index contributed by atoms with van der Waals surface area (Å²) in [6.45, 7) is 15.4. The first-order valence-electron chi connectivity index (χ1n) is 15.2. The number of nitrogens with one attached hydrogen (secondary N) is 1. The summed E-state index contributed by atoms with van der Waals surface area (Å²) < 4.78 is 18.5. The number of ether oxygens (including phenoxy) is 3. The SMILES string of the molecule is CC.CC.CCOC(=O)OC[N+]1(CCCCOc2ccc3ccc(=O)[nH]c3c2)CCN(c2cccc3sccc23)CC1. The molecule has 0 saturated carbocycles. The number of piperazine rings is 1. The van der Waals surface area contributed by atoms with E-state index in [-0.39, 0.29) is 5.56 Å². The number of rotatable bonds is 10. The molecule has 9 heteroatoms. The lowest BCUT2D eigenvalue weighted by Crippen LogP contribution is -2.61. The molecule has 4 aromatic rings. The van der Waals surface area contributed by atoms with Crippen molar-refractivity contribution in [1.29, 1.82) is 0 Å². The summed E-state index contributed by atoms with van der Waals surface area (Å²) in [5.74, 6) is 0.741. The zero-order valence-corrected chi connectivity index (χ0v) is 26.5. The molecule has 2 aromatic carbocycles.